The highest BCUT2D eigenvalue weighted by Crippen LogP contribution is 2.18. The molecule has 1 aliphatic heterocycles. The summed E-state index contributed by atoms with van der Waals surface area (Å²) in [4.78, 5) is 8.92. The van der Waals surface area contributed by atoms with Crippen molar-refractivity contribution in [1.29, 1.82) is 0 Å². The van der Waals surface area contributed by atoms with Crippen LogP contribution in [0.5, 0.6) is 0 Å². The topological polar surface area (TPSA) is 67.4 Å². The molecule has 3 rings (SSSR count). The number of nitrogens with two attached hydrogens (primary N) is 1. The highest BCUT2D eigenvalue weighted by molar-refractivity contribution is 5.75. The lowest BCUT2D eigenvalue weighted by Crippen LogP contribution is -2.24. The van der Waals surface area contributed by atoms with Gasteiger partial charge in [-0.05, 0) is 12.1 Å². The van der Waals surface area contributed by atoms with Gasteiger partial charge >= 0.3 is 0 Å². The van der Waals surface area contributed by atoms with Crippen molar-refractivity contribution in [3.63, 3.8) is 0 Å². The predicted molar refractivity (Wildman–Crippen MR) is 61.7 cm³/mol. The molecule has 0 amide bonds. The van der Waals surface area contributed by atoms with Crippen molar-refractivity contribution in [3.05, 3.63) is 36.2 Å². The van der Waals surface area contributed by atoms with Gasteiger partial charge in [-0.3, -0.25) is 4.98 Å². The smallest absolute Gasteiger partial charge is 0.0890 e. The molecule has 5 nitrogen and oxygen atoms in total. The monoisotopic (exact) mass is 213 g/mol. The average Bonchev–Trinajstić information content (AvgIpc) is 2.75. The second kappa shape index (κ2) is 3.53. The second-order valence-corrected chi connectivity index (χ2v) is 3.78. The number of hydrazine groups is 1. The molecule has 0 saturated carbocycles. The molecule has 5 heteroatoms. The molecule has 1 aromatic carbocycles. The van der Waals surface area contributed by atoms with E-state index in [0.29, 0.717) is 6.54 Å². The summed E-state index contributed by atoms with van der Waals surface area (Å²) in [5, 5.41) is 5.41. The highest BCUT2D eigenvalue weighted by atomic mass is 15.6. The largest absolute Gasteiger partial charge is 0.253 e. The van der Waals surface area contributed by atoms with Crippen LogP contribution in [0.25, 0.3) is 11.0 Å². The van der Waals surface area contributed by atoms with E-state index in [1.54, 1.807) is 12.4 Å². The van der Waals surface area contributed by atoms with Crippen molar-refractivity contribution in [3.8, 4) is 0 Å². The molecule has 1 aromatic heterocycles. The van der Waals surface area contributed by atoms with Crippen LogP contribution in [0.1, 0.15) is 11.6 Å². The molecule has 2 aromatic rings. The van der Waals surface area contributed by atoms with Gasteiger partial charge in [-0.1, -0.05) is 12.1 Å². The molecule has 0 aliphatic carbocycles. The third-order valence-electron chi connectivity index (χ3n) is 2.63. The lowest BCUT2D eigenvalue weighted by Gasteiger charge is -2.09. The number of hydrogen-bond acceptors (Lipinski definition) is 5. The maximum Gasteiger partial charge on any atom is 0.0890 e. The van der Waals surface area contributed by atoms with Crippen molar-refractivity contribution < 1.29 is 0 Å². The summed E-state index contributed by atoms with van der Waals surface area (Å²) >= 11 is 0. The molecule has 16 heavy (non-hydrogen) atoms. The Bertz CT molecular complexity index is 551. The zero-order valence-electron chi connectivity index (χ0n) is 8.61. The van der Waals surface area contributed by atoms with E-state index in [2.05, 4.69) is 15.1 Å². The molecule has 1 atom stereocenters. The number of nitrogens with zero attached hydrogens (tertiary/aromatic N) is 4. The van der Waals surface area contributed by atoms with Crippen molar-refractivity contribution in [2.45, 2.75) is 5.92 Å². The molecule has 1 aliphatic rings. The van der Waals surface area contributed by atoms with E-state index in [1.165, 1.54) is 5.12 Å². The lowest BCUT2D eigenvalue weighted by atomic mass is 10.1. The minimum absolute atomic E-state index is 0.141. The summed E-state index contributed by atoms with van der Waals surface area (Å²) in [5.41, 5.74) is 2.73. The van der Waals surface area contributed by atoms with E-state index in [9.17, 15) is 0 Å². The summed E-state index contributed by atoms with van der Waals surface area (Å²) in [6.45, 7) is 0.660. The van der Waals surface area contributed by atoms with E-state index in [4.69, 9.17) is 5.84 Å². The molecule has 80 valence electrons. The first-order valence-electron chi connectivity index (χ1n) is 5.11. The molecular weight excluding hydrogens is 202 g/mol. The van der Waals surface area contributed by atoms with Crippen LogP contribution in [-0.4, -0.2) is 27.8 Å². The van der Waals surface area contributed by atoms with Gasteiger partial charge in [0.2, 0.25) is 0 Å². The molecule has 0 spiro atoms. The van der Waals surface area contributed by atoms with Gasteiger partial charge in [0.05, 0.1) is 29.2 Å². The quantitative estimate of drug-likeness (QED) is 0.714. The van der Waals surface area contributed by atoms with E-state index >= 15 is 0 Å². The maximum absolute atomic E-state index is 5.56. The number of para-hydroxylation sites is 2. The molecule has 0 saturated heterocycles. The average molecular weight is 213 g/mol. The number of aromatic nitrogens is 2. The third-order valence-corrected chi connectivity index (χ3v) is 2.63. The van der Waals surface area contributed by atoms with Crippen LogP contribution in [0.15, 0.2) is 35.6 Å². The van der Waals surface area contributed by atoms with Crippen molar-refractivity contribution in [2.24, 2.45) is 10.9 Å². The van der Waals surface area contributed by atoms with Crippen molar-refractivity contribution >= 4 is 17.2 Å². The Kier molecular flexibility index (Phi) is 2.04. The van der Waals surface area contributed by atoms with E-state index in [-0.39, 0.29) is 5.92 Å². The minimum Gasteiger partial charge on any atom is -0.253 e. The summed E-state index contributed by atoms with van der Waals surface area (Å²) in [6.07, 6.45) is 3.59. The number of fused-ring (bicyclic) bond motifs is 1. The van der Waals surface area contributed by atoms with Crippen LogP contribution in [0, 0.1) is 0 Å². The van der Waals surface area contributed by atoms with Gasteiger partial charge in [0.1, 0.15) is 0 Å². The van der Waals surface area contributed by atoms with Crippen molar-refractivity contribution in [2.75, 3.05) is 6.54 Å². The second-order valence-electron chi connectivity index (χ2n) is 3.78. The predicted octanol–water partition coefficient (Wildman–Crippen LogP) is 0.888. The Morgan fingerprint density at radius 1 is 1.25 bits per heavy atom. The van der Waals surface area contributed by atoms with Gasteiger partial charge in [-0.15, -0.1) is 0 Å². The molecular formula is C11H11N5. The first-order chi connectivity index (χ1) is 7.83. The first-order valence-corrected chi connectivity index (χ1v) is 5.11. The summed E-state index contributed by atoms with van der Waals surface area (Å²) < 4.78 is 0. The SMILES string of the molecule is NN1CC(c2cnc3ccccc3n2)C=N1. The van der Waals surface area contributed by atoms with Crippen LogP contribution in [-0.2, 0) is 0 Å². The zero-order valence-corrected chi connectivity index (χ0v) is 8.61. The van der Waals surface area contributed by atoms with Gasteiger partial charge in [-0.2, -0.15) is 5.10 Å². The van der Waals surface area contributed by atoms with Gasteiger partial charge < -0.3 is 0 Å². The van der Waals surface area contributed by atoms with Crippen LogP contribution in [0.3, 0.4) is 0 Å². The standard InChI is InChI=1S/C11H11N5/c12-16-7-8(5-14-16)11-6-13-9-3-1-2-4-10(9)15-11/h1-6,8H,7,12H2. The highest BCUT2D eigenvalue weighted by Gasteiger charge is 2.19. The van der Waals surface area contributed by atoms with Gasteiger partial charge in [0, 0.05) is 12.4 Å². The van der Waals surface area contributed by atoms with Gasteiger partial charge in [-0.25, -0.2) is 15.9 Å². The zero-order chi connectivity index (χ0) is 11.0. The fourth-order valence-corrected chi connectivity index (χ4v) is 1.78. The number of hydrazone groups is 1. The van der Waals surface area contributed by atoms with Crippen LogP contribution >= 0.6 is 0 Å². The van der Waals surface area contributed by atoms with E-state index in [0.717, 1.165) is 16.7 Å². The molecule has 0 fully saturated rings. The van der Waals surface area contributed by atoms with Gasteiger partial charge in [0.25, 0.3) is 0 Å². The fourth-order valence-electron chi connectivity index (χ4n) is 1.78. The Labute approximate surface area is 92.6 Å². The van der Waals surface area contributed by atoms with E-state index in [1.807, 2.05) is 24.3 Å². The third kappa shape index (κ3) is 1.51. The van der Waals surface area contributed by atoms with Crippen LogP contribution < -0.4 is 5.84 Å². The molecule has 2 N–H and O–H groups in total. The normalized spacial score (nSPS) is 19.6. The molecule has 1 unspecified atom stereocenters. The minimum atomic E-state index is 0.141. The first kappa shape index (κ1) is 9.23. The number of benzene rings is 1. The molecule has 0 radical (unpaired) electrons. The number of rotatable bonds is 1. The van der Waals surface area contributed by atoms with Crippen LogP contribution in [0.4, 0.5) is 0 Å². The Balaban J connectivity index is 2.02. The Morgan fingerprint density at radius 2 is 2.06 bits per heavy atom. The lowest BCUT2D eigenvalue weighted by molar-refractivity contribution is 0.322. The molecule has 0 bridgehead atoms. The maximum atomic E-state index is 5.56. The van der Waals surface area contributed by atoms with Gasteiger partial charge in [0.15, 0.2) is 0 Å². The van der Waals surface area contributed by atoms with E-state index < -0.39 is 0 Å². The summed E-state index contributed by atoms with van der Waals surface area (Å²) in [5.74, 6) is 5.70. The van der Waals surface area contributed by atoms with Crippen molar-refractivity contribution in [1.82, 2.24) is 15.1 Å². The summed E-state index contributed by atoms with van der Waals surface area (Å²) in [6, 6.07) is 7.82. The number of hydrogen-bond donors (Lipinski definition) is 1. The fraction of sp³-hybridized carbons (Fsp3) is 0.182. The molecule has 2 heterocycles. The Morgan fingerprint density at radius 3 is 2.81 bits per heavy atom. The Hall–Kier alpha value is -2.01. The van der Waals surface area contributed by atoms with Crippen LogP contribution in [0.2, 0.25) is 0 Å². The summed E-state index contributed by atoms with van der Waals surface area (Å²) in [7, 11) is 0.